The summed E-state index contributed by atoms with van der Waals surface area (Å²) in [6, 6.07) is 15.2. The Hall–Kier alpha value is -4.48. The molecule has 0 radical (unpaired) electrons. The van der Waals surface area contributed by atoms with Gasteiger partial charge in [-0.1, -0.05) is 42.0 Å². The lowest BCUT2D eigenvalue weighted by molar-refractivity contribution is -0.192. The number of benzene rings is 3. The van der Waals surface area contributed by atoms with Crippen molar-refractivity contribution in [2.45, 2.75) is 44.1 Å². The van der Waals surface area contributed by atoms with Crippen LogP contribution in [0.15, 0.2) is 78.4 Å². The fourth-order valence-corrected chi connectivity index (χ4v) is 4.94. The molecule has 0 saturated carbocycles. The molecular formula is C30H26F6N2O4. The van der Waals surface area contributed by atoms with Crippen molar-refractivity contribution in [2.75, 3.05) is 11.5 Å². The van der Waals surface area contributed by atoms with Gasteiger partial charge in [0.05, 0.1) is 6.61 Å². The van der Waals surface area contributed by atoms with Gasteiger partial charge >= 0.3 is 12.4 Å². The molecule has 0 unspecified atom stereocenters. The lowest BCUT2D eigenvalue weighted by Crippen LogP contribution is -2.62. The van der Waals surface area contributed by atoms with Crippen molar-refractivity contribution in [3.63, 3.8) is 0 Å². The molecule has 1 atom stereocenters. The molecule has 0 spiro atoms. The Bertz CT molecular complexity index is 1480. The summed E-state index contributed by atoms with van der Waals surface area (Å²) in [4.78, 5) is 27.0. The maximum atomic E-state index is 15.5. The summed E-state index contributed by atoms with van der Waals surface area (Å²) in [5, 5.41) is 9.76. The van der Waals surface area contributed by atoms with Crippen LogP contribution in [0.5, 0.6) is 11.5 Å². The van der Waals surface area contributed by atoms with Crippen LogP contribution in [-0.4, -0.2) is 35.9 Å². The van der Waals surface area contributed by atoms with Gasteiger partial charge in [-0.15, -0.1) is 0 Å². The third-order valence-electron chi connectivity index (χ3n) is 6.96. The van der Waals surface area contributed by atoms with E-state index in [0.717, 1.165) is 42.0 Å². The van der Waals surface area contributed by atoms with Gasteiger partial charge in [0.2, 0.25) is 0 Å². The average Bonchev–Trinajstić information content (AvgIpc) is 2.90. The molecule has 3 N–H and O–H groups in total. The first-order chi connectivity index (χ1) is 19.6. The van der Waals surface area contributed by atoms with E-state index < -0.39 is 53.7 Å². The van der Waals surface area contributed by atoms with Crippen molar-refractivity contribution in [2.24, 2.45) is 5.73 Å². The zero-order valence-corrected chi connectivity index (χ0v) is 22.2. The van der Waals surface area contributed by atoms with Crippen LogP contribution in [0.1, 0.15) is 36.0 Å². The summed E-state index contributed by atoms with van der Waals surface area (Å²) in [6.45, 7) is 1.45. The molecule has 0 saturated heterocycles. The number of hydrogen-bond acceptors (Lipinski definition) is 4. The highest BCUT2D eigenvalue weighted by molar-refractivity contribution is 6.29. The molecule has 1 aliphatic heterocycles. The van der Waals surface area contributed by atoms with Crippen LogP contribution in [0, 0.1) is 6.92 Å². The number of alkyl halides is 6. The Morgan fingerprint density at radius 2 is 1.55 bits per heavy atom. The van der Waals surface area contributed by atoms with E-state index in [4.69, 9.17) is 10.5 Å². The largest absolute Gasteiger partial charge is 0.508 e. The molecule has 0 fully saturated rings. The summed E-state index contributed by atoms with van der Waals surface area (Å²) in [5.74, 6) is -2.74. The molecule has 0 bridgehead atoms. The predicted octanol–water partition coefficient (Wildman–Crippen LogP) is 6.56. The fraction of sp³-hybridized carbons (Fsp3) is 0.267. The van der Waals surface area contributed by atoms with Gasteiger partial charge in [-0.05, 0) is 66.4 Å². The number of carbonyl (C=O) groups excluding carboxylic acids is 2. The standard InChI is InChI=1S/C30H26F6N2O4/c1-18-3-5-19(6-4-18)24-17-28(30(34,35)36,20-7-13-23(14-8-20)42-16-2-15-29(31,32)33)38(27(41)25(24)26(37)40)21-9-11-22(39)12-10-21/h3-14,39H,2,15-17H2,1H3,(H2,37,40)/t28-/m0/s1. The number of aromatic hydroxyl groups is 1. The SMILES string of the molecule is Cc1ccc(C2=C(C(N)=O)C(=O)N(c3ccc(O)cc3)[C@@](c3ccc(OCCCC(F)(F)F)cc3)(C(F)(F)F)C2)cc1. The molecule has 3 aromatic rings. The van der Waals surface area contributed by atoms with Crippen LogP contribution in [0.2, 0.25) is 0 Å². The third-order valence-corrected chi connectivity index (χ3v) is 6.96. The highest BCUT2D eigenvalue weighted by Crippen LogP contribution is 2.54. The number of hydrogen-bond donors (Lipinski definition) is 2. The molecule has 1 heterocycles. The second-order valence-electron chi connectivity index (χ2n) is 9.87. The summed E-state index contributed by atoms with van der Waals surface area (Å²) < 4.78 is 89.1. The number of anilines is 1. The molecule has 6 nitrogen and oxygen atoms in total. The molecule has 12 heteroatoms. The number of ether oxygens (including phenoxy) is 1. The van der Waals surface area contributed by atoms with E-state index in [2.05, 4.69) is 0 Å². The number of primary amides is 1. The van der Waals surface area contributed by atoms with E-state index >= 15 is 13.2 Å². The number of rotatable bonds is 8. The lowest BCUT2D eigenvalue weighted by Gasteiger charge is -2.48. The van der Waals surface area contributed by atoms with Gasteiger partial charge in [0, 0.05) is 18.5 Å². The maximum absolute atomic E-state index is 15.5. The number of carbonyl (C=O) groups is 2. The topological polar surface area (TPSA) is 92.9 Å². The van der Waals surface area contributed by atoms with Gasteiger partial charge in [0.15, 0.2) is 5.54 Å². The Labute approximate surface area is 237 Å². The molecule has 3 aromatic carbocycles. The summed E-state index contributed by atoms with van der Waals surface area (Å²) in [5.41, 5.74) is 2.03. The minimum absolute atomic E-state index is 0.0312. The maximum Gasteiger partial charge on any atom is 0.416 e. The van der Waals surface area contributed by atoms with Crippen LogP contribution in [0.3, 0.4) is 0 Å². The van der Waals surface area contributed by atoms with E-state index in [1.54, 1.807) is 19.1 Å². The zero-order chi connectivity index (χ0) is 30.9. The van der Waals surface area contributed by atoms with Crippen LogP contribution >= 0.6 is 0 Å². The van der Waals surface area contributed by atoms with E-state index in [9.17, 15) is 27.9 Å². The van der Waals surface area contributed by atoms with Gasteiger partial charge in [-0.2, -0.15) is 26.3 Å². The second-order valence-corrected chi connectivity index (χ2v) is 9.87. The first kappa shape index (κ1) is 30.5. The minimum atomic E-state index is -5.13. The second kappa shape index (κ2) is 11.4. The van der Waals surface area contributed by atoms with E-state index in [-0.39, 0.29) is 41.4 Å². The molecule has 0 aromatic heterocycles. The van der Waals surface area contributed by atoms with Crippen molar-refractivity contribution < 1.29 is 45.8 Å². The van der Waals surface area contributed by atoms with Gasteiger partial charge in [-0.3, -0.25) is 14.5 Å². The van der Waals surface area contributed by atoms with Gasteiger partial charge in [0.25, 0.3) is 11.8 Å². The van der Waals surface area contributed by atoms with Crippen LogP contribution in [-0.2, 0) is 15.1 Å². The first-order valence-electron chi connectivity index (χ1n) is 12.7. The summed E-state index contributed by atoms with van der Waals surface area (Å²) >= 11 is 0. The highest BCUT2D eigenvalue weighted by Gasteiger charge is 2.64. The monoisotopic (exact) mass is 592 g/mol. The van der Waals surface area contributed by atoms with E-state index in [0.29, 0.717) is 4.90 Å². The molecule has 42 heavy (non-hydrogen) atoms. The average molecular weight is 593 g/mol. The number of phenols is 1. The number of nitrogens with two attached hydrogens (primary N) is 1. The fourth-order valence-electron chi connectivity index (χ4n) is 4.94. The lowest BCUT2D eigenvalue weighted by atomic mass is 9.74. The number of aryl methyl sites for hydroxylation is 1. The predicted molar refractivity (Wildman–Crippen MR) is 142 cm³/mol. The van der Waals surface area contributed by atoms with Gasteiger partial charge in [-0.25, -0.2) is 0 Å². The van der Waals surface area contributed by atoms with E-state index in [1.807, 2.05) is 0 Å². The molecule has 1 aliphatic rings. The minimum Gasteiger partial charge on any atom is -0.508 e. The first-order valence-corrected chi connectivity index (χ1v) is 12.7. The smallest absolute Gasteiger partial charge is 0.416 e. The Kier molecular flexibility index (Phi) is 8.29. The molecule has 0 aliphatic carbocycles. The van der Waals surface area contributed by atoms with Crippen molar-refractivity contribution in [1.82, 2.24) is 0 Å². The Morgan fingerprint density at radius 3 is 2.07 bits per heavy atom. The van der Waals surface area contributed by atoms with Crippen molar-refractivity contribution in [1.29, 1.82) is 0 Å². The quantitative estimate of drug-likeness (QED) is 0.176. The molecular weight excluding hydrogens is 566 g/mol. The van der Waals surface area contributed by atoms with Crippen molar-refractivity contribution in [3.05, 3.63) is 95.1 Å². The number of halogens is 6. The Balaban J connectivity index is 1.89. The highest BCUT2D eigenvalue weighted by atomic mass is 19.4. The molecule has 222 valence electrons. The Morgan fingerprint density at radius 1 is 0.952 bits per heavy atom. The van der Waals surface area contributed by atoms with Crippen molar-refractivity contribution >= 4 is 23.1 Å². The van der Waals surface area contributed by atoms with Crippen LogP contribution in [0.25, 0.3) is 5.57 Å². The number of amides is 2. The molecule has 4 rings (SSSR count). The summed E-state index contributed by atoms with van der Waals surface area (Å²) in [7, 11) is 0. The van der Waals surface area contributed by atoms with Gasteiger partial charge < -0.3 is 15.6 Å². The van der Waals surface area contributed by atoms with E-state index in [1.165, 1.54) is 24.3 Å². The zero-order valence-electron chi connectivity index (χ0n) is 22.2. The third kappa shape index (κ3) is 6.07. The number of phenolic OH excluding ortho intramolecular Hbond substituents is 1. The van der Waals surface area contributed by atoms with Crippen LogP contribution < -0.4 is 15.4 Å². The normalized spacial score (nSPS) is 17.9. The van der Waals surface area contributed by atoms with Crippen LogP contribution in [0.4, 0.5) is 32.0 Å². The number of nitrogens with zero attached hydrogens (tertiary/aromatic N) is 1. The van der Waals surface area contributed by atoms with Crippen molar-refractivity contribution in [3.8, 4) is 11.5 Å². The molecule has 2 amide bonds. The van der Waals surface area contributed by atoms with Gasteiger partial charge in [0.1, 0.15) is 17.1 Å². The summed E-state index contributed by atoms with van der Waals surface area (Å²) in [6.07, 6.45) is -11.8.